The van der Waals surface area contributed by atoms with Crippen LogP contribution in [0.5, 0.6) is 0 Å². The van der Waals surface area contributed by atoms with E-state index in [0.29, 0.717) is 0 Å². The normalized spacial score (nSPS) is 22.0. The van der Waals surface area contributed by atoms with Gasteiger partial charge in [0.2, 0.25) is 0 Å². The lowest BCUT2D eigenvalue weighted by atomic mass is 10.2. The molecule has 2 aliphatic heterocycles. The Kier molecular flexibility index (Phi) is 8.54. The summed E-state index contributed by atoms with van der Waals surface area (Å²) in [7, 11) is 0. The summed E-state index contributed by atoms with van der Waals surface area (Å²) in [5, 5.41) is 11.6. The molecule has 2 saturated heterocycles. The van der Waals surface area contributed by atoms with Gasteiger partial charge in [0.1, 0.15) is 0 Å². The van der Waals surface area contributed by atoms with Gasteiger partial charge in [-0.1, -0.05) is 6.92 Å². The molecule has 124 valence electrons. The minimum Gasteiger partial charge on any atom is -0.314 e. The van der Waals surface area contributed by atoms with Gasteiger partial charge in [-0.2, -0.15) is 5.12 Å². The molecule has 0 aromatic carbocycles. The number of hydrogen-bond acceptors (Lipinski definition) is 6. The van der Waals surface area contributed by atoms with Crippen molar-refractivity contribution in [2.75, 3.05) is 72.0 Å². The lowest BCUT2D eigenvalue weighted by Crippen LogP contribution is -2.57. The van der Waals surface area contributed by atoms with Crippen LogP contribution in [0, 0.1) is 0 Å². The van der Waals surface area contributed by atoms with Gasteiger partial charge in [0.25, 0.3) is 0 Å². The summed E-state index contributed by atoms with van der Waals surface area (Å²) in [4.78, 5) is 2.58. The number of unbranched alkanes of at least 4 members (excludes halogenated alkanes) is 1. The zero-order valence-electron chi connectivity index (χ0n) is 13.7. The highest BCUT2D eigenvalue weighted by Crippen LogP contribution is 2.01. The van der Waals surface area contributed by atoms with Crippen molar-refractivity contribution >= 4 is 0 Å². The van der Waals surface area contributed by atoms with Gasteiger partial charge in [0, 0.05) is 65.4 Å². The van der Waals surface area contributed by atoms with Crippen LogP contribution < -0.4 is 16.1 Å². The average molecular weight is 298 g/mol. The molecule has 0 atom stereocenters. The van der Waals surface area contributed by atoms with Crippen molar-refractivity contribution in [1.82, 2.24) is 31.1 Å². The summed E-state index contributed by atoms with van der Waals surface area (Å²) in [5.74, 6) is 0. The SMILES string of the molecule is CCCN(NCCCCN1CCNCC1)N1CCNCC1. The van der Waals surface area contributed by atoms with Crippen LogP contribution in [0.15, 0.2) is 0 Å². The van der Waals surface area contributed by atoms with E-state index in [1.54, 1.807) is 0 Å². The van der Waals surface area contributed by atoms with Crippen molar-refractivity contribution in [2.24, 2.45) is 0 Å². The highest BCUT2D eigenvalue weighted by molar-refractivity contribution is 4.68. The van der Waals surface area contributed by atoms with Gasteiger partial charge < -0.3 is 15.5 Å². The molecule has 0 spiro atoms. The monoisotopic (exact) mass is 298 g/mol. The third-order valence-electron chi connectivity index (χ3n) is 4.28. The van der Waals surface area contributed by atoms with Crippen LogP contribution in [0.4, 0.5) is 0 Å². The van der Waals surface area contributed by atoms with E-state index in [1.165, 1.54) is 38.9 Å². The number of piperazine rings is 2. The second-order valence-electron chi connectivity index (χ2n) is 6.03. The fourth-order valence-electron chi connectivity index (χ4n) is 3.03. The molecule has 0 amide bonds. The second-order valence-corrected chi connectivity index (χ2v) is 6.03. The zero-order chi connectivity index (χ0) is 14.8. The third-order valence-corrected chi connectivity index (χ3v) is 4.28. The molecule has 6 nitrogen and oxygen atoms in total. The zero-order valence-corrected chi connectivity index (χ0v) is 13.7. The average Bonchev–Trinajstić information content (AvgIpc) is 2.55. The van der Waals surface area contributed by atoms with Crippen molar-refractivity contribution in [3.63, 3.8) is 0 Å². The van der Waals surface area contributed by atoms with E-state index in [2.05, 4.69) is 38.0 Å². The largest absolute Gasteiger partial charge is 0.314 e. The quantitative estimate of drug-likeness (QED) is 0.402. The summed E-state index contributed by atoms with van der Waals surface area (Å²) in [6.07, 6.45) is 3.75. The summed E-state index contributed by atoms with van der Waals surface area (Å²) in [5.41, 5.74) is 3.63. The van der Waals surface area contributed by atoms with Gasteiger partial charge in [-0.15, -0.1) is 0 Å². The Morgan fingerprint density at radius 1 is 0.952 bits per heavy atom. The molecule has 0 saturated carbocycles. The molecule has 2 fully saturated rings. The maximum atomic E-state index is 3.63. The number of nitrogens with one attached hydrogen (secondary N) is 3. The third kappa shape index (κ3) is 6.59. The lowest BCUT2D eigenvalue weighted by molar-refractivity contribution is -0.0771. The predicted molar refractivity (Wildman–Crippen MR) is 88.0 cm³/mol. The van der Waals surface area contributed by atoms with E-state index in [4.69, 9.17) is 0 Å². The van der Waals surface area contributed by atoms with Crippen molar-refractivity contribution in [1.29, 1.82) is 0 Å². The maximum Gasteiger partial charge on any atom is 0.0288 e. The molecule has 0 bridgehead atoms. The van der Waals surface area contributed by atoms with Gasteiger partial charge in [0.05, 0.1) is 0 Å². The van der Waals surface area contributed by atoms with Crippen LogP contribution >= 0.6 is 0 Å². The van der Waals surface area contributed by atoms with Gasteiger partial charge >= 0.3 is 0 Å². The highest BCUT2D eigenvalue weighted by atomic mass is 15.8. The maximum absolute atomic E-state index is 3.63. The first-order valence-electron chi connectivity index (χ1n) is 8.80. The Morgan fingerprint density at radius 2 is 1.62 bits per heavy atom. The Balaban J connectivity index is 1.55. The predicted octanol–water partition coefficient (Wildman–Crippen LogP) is -0.291. The highest BCUT2D eigenvalue weighted by Gasteiger charge is 2.16. The minimum absolute atomic E-state index is 1.09. The van der Waals surface area contributed by atoms with E-state index in [9.17, 15) is 0 Å². The lowest BCUT2D eigenvalue weighted by Gasteiger charge is -2.37. The van der Waals surface area contributed by atoms with Crippen LogP contribution in [-0.4, -0.2) is 87.0 Å². The summed E-state index contributed by atoms with van der Waals surface area (Å²) in [6.45, 7) is 14.9. The smallest absolute Gasteiger partial charge is 0.0288 e. The van der Waals surface area contributed by atoms with E-state index in [0.717, 1.165) is 52.4 Å². The fraction of sp³-hybridized carbons (Fsp3) is 1.00. The number of hydrogen-bond donors (Lipinski definition) is 3. The van der Waals surface area contributed by atoms with Crippen LogP contribution in [0.2, 0.25) is 0 Å². The van der Waals surface area contributed by atoms with Gasteiger partial charge in [-0.3, -0.25) is 0 Å². The molecule has 0 radical (unpaired) electrons. The first kappa shape index (κ1) is 17.1. The van der Waals surface area contributed by atoms with Crippen molar-refractivity contribution in [3.8, 4) is 0 Å². The molecule has 0 aromatic heterocycles. The second kappa shape index (κ2) is 10.5. The molecule has 0 aromatic rings. The Labute approximate surface area is 130 Å². The summed E-state index contributed by atoms with van der Waals surface area (Å²) < 4.78 is 0. The van der Waals surface area contributed by atoms with E-state index in [1.807, 2.05) is 0 Å². The standard InChI is InChI=1S/C15H34N6/c1-2-10-21(20-14-8-17-9-15-20)18-5-3-4-11-19-12-6-16-7-13-19/h16-18H,2-15H2,1H3. The molecule has 2 rings (SSSR count). The molecular weight excluding hydrogens is 264 g/mol. The van der Waals surface area contributed by atoms with Crippen LogP contribution in [0.25, 0.3) is 0 Å². The number of hydrazine groups is 2. The first-order valence-corrected chi connectivity index (χ1v) is 8.80. The molecule has 6 heteroatoms. The summed E-state index contributed by atoms with van der Waals surface area (Å²) >= 11 is 0. The minimum atomic E-state index is 1.09. The first-order chi connectivity index (χ1) is 10.4. The van der Waals surface area contributed by atoms with Crippen molar-refractivity contribution < 1.29 is 0 Å². The van der Waals surface area contributed by atoms with E-state index >= 15 is 0 Å². The Morgan fingerprint density at radius 3 is 2.29 bits per heavy atom. The van der Waals surface area contributed by atoms with E-state index < -0.39 is 0 Å². The van der Waals surface area contributed by atoms with E-state index in [-0.39, 0.29) is 0 Å². The molecule has 2 heterocycles. The molecule has 21 heavy (non-hydrogen) atoms. The van der Waals surface area contributed by atoms with Crippen LogP contribution in [0.1, 0.15) is 26.2 Å². The van der Waals surface area contributed by atoms with Gasteiger partial charge in [0.15, 0.2) is 0 Å². The molecular formula is C15H34N6. The molecule has 2 aliphatic rings. The molecule has 0 aliphatic carbocycles. The van der Waals surface area contributed by atoms with Gasteiger partial charge in [-0.25, -0.2) is 10.4 Å². The molecule has 3 N–H and O–H groups in total. The van der Waals surface area contributed by atoms with Crippen molar-refractivity contribution in [3.05, 3.63) is 0 Å². The fourth-order valence-corrected chi connectivity index (χ4v) is 3.03. The molecule has 0 unspecified atom stereocenters. The van der Waals surface area contributed by atoms with Crippen molar-refractivity contribution in [2.45, 2.75) is 26.2 Å². The summed E-state index contributed by atoms with van der Waals surface area (Å²) in [6, 6.07) is 0. The Bertz CT molecular complexity index is 251. The topological polar surface area (TPSA) is 45.8 Å². The van der Waals surface area contributed by atoms with Gasteiger partial charge in [-0.05, 0) is 25.8 Å². The van der Waals surface area contributed by atoms with Crippen LogP contribution in [0.3, 0.4) is 0 Å². The Hall–Kier alpha value is -0.240. The van der Waals surface area contributed by atoms with Crippen LogP contribution in [-0.2, 0) is 0 Å². The number of nitrogens with zero attached hydrogens (tertiary/aromatic N) is 3. The number of rotatable bonds is 9.